The predicted octanol–water partition coefficient (Wildman–Crippen LogP) is 4.11. The lowest BCUT2D eigenvalue weighted by Gasteiger charge is -2.32. The van der Waals surface area contributed by atoms with Gasteiger partial charge >= 0.3 is 6.18 Å². The van der Waals surface area contributed by atoms with E-state index in [1.54, 1.807) is 0 Å². The molecule has 1 saturated heterocycles. The Morgan fingerprint density at radius 3 is 2.85 bits per heavy atom. The van der Waals surface area contributed by atoms with Crippen LogP contribution in [0.4, 0.5) is 18.2 Å². The molecule has 1 aliphatic heterocycles. The van der Waals surface area contributed by atoms with Crippen LogP contribution in [0.1, 0.15) is 35.7 Å². The molecule has 1 fully saturated rings. The first-order valence-electron chi connectivity index (χ1n) is 8.10. The summed E-state index contributed by atoms with van der Waals surface area (Å²) in [4.78, 5) is 1.99. The lowest BCUT2D eigenvalue weighted by Crippen LogP contribution is -2.35. The molecule has 140 valence electrons. The SMILES string of the molecule is N#Cc1c(Cl)nsc1N1CCCC(c2nnc3ccc(C(F)(F)F)cn23)C1. The van der Waals surface area contributed by atoms with E-state index in [0.29, 0.717) is 35.1 Å². The molecule has 0 N–H and O–H groups in total. The number of fused-ring (bicyclic) bond motifs is 1. The van der Waals surface area contributed by atoms with Crippen LogP contribution in [0.15, 0.2) is 18.3 Å². The number of halogens is 4. The first-order chi connectivity index (χ1) is 12.9. The van der Waals surface area contributed by atoms with Gasteiger partial charge in [0.1, 0.15) is 22.5 Å². The summed E-state index contributed by atoms with van der Waals surface area (Å²) in [6.07, 6.45) is -1.83. The van der Waals surface area contributed by atoms with Crippen molar-refractivity contribution in [1.29, 1.82) is 5.26 Å². The molecular weight excluding hydrogens is 401 g/mol. The fraction of sp³-hybridized carbons (Fsp3) is 0.375. The third-order valence-corrected chi connectivity index (χ3v) is 5.86. The van der Waals surface area contributed by atoms with Crippen LogP contribution in [-0.2, 0) is 6.18 Å². The normalized spacial score (nSPS) is 18.0. The van der Waals surface area contributed by atoms with Gasteiger partial charge in [-0.1, -0.05) is 11.6 Å². The monoisotopic (exact) mass is 412 g/mol. The van der Waals surface area contributed by atoms with E-state index < -0.39 is 11.7 Å². The van der Waals surface area contributed by atoms with Crippen LogP contribution in [-0.4, -0.2) is 32.1 Å². The number of rotatable bonds is 2. The topological polar surface area (TPSA) is 70.1 Å². The molecule has 0 aliphatic carbocycles. The Labute approximate surface area is 161 Å². The second-order valence-corrected chi connectivity index (χ2v) is 7.36. The summed E-state index contributed by atoms with van der Waals surface area (Å²) in [5, 5.41) is 18.3. The maximum absolute atomic E-state index is 13.1. The number of pyridine rings is 1. The Kier molecular flexibility index (Phi) is 4.44. The fourth-order valence-electron chi connectivity index (χ4n) is 3.30. The van der Waals surface area contributed by atoms with Crippen molar-refractivity contribution in [1.82, 2.24) is 19.0 Å². The first kappa shape index (κ1) is 18.0. The molecule has 1 aliphatic rings. The summed E-state index contributed by atoms with van der Waals surface area (Å²) in [7, 11) is 0. The minimum absolute atomic E-state index is 0.121. The molecule has 0 amide bonds. The van der Waals surface area contributed by atoms with Crippen molar-refractivity contribution in [3.63, 3.8) is 0 Å². The smallest absolute Gasteiger partial charge is 0.360 e. The lowest BCUT2D eigenvalue weighted by atomic mass is 9.97. The van der Waals surface area contributed by atoms with Gasteiger partial charge in [-0.25, -0.2) is 0 Å². The zero-order chi connectivity index (χ0) is 19.2. The van der Waals surface area contributed by atoms with Gasteiger partial charge in [0.15, 0.2) is 10.8 Å². The minimum atomic E-state index is -4.44. The highest BCUT2D eigenvalue weighted by Crippen LogP contribution is 2.36. The van der Waals surface area contributed by atoms with E-state index in [2.05, 4.69) is 20.6 Å². The highest BCUT2D eigenvalue weighted by atomic mass is 35.5. The van der Waals surface area contributed by atoms with Gasteiger partial charge in [-0.05, 0) is 36.5 Å². The Balaban J connectivity index is 1.68. The van der Waals surface area contributed by atoms with Gasteiger partial charge in [-0.15, -0.1) is 10.2 Å². The maximum Gasteiger partial charge on any atom is 0.417 e. The van der Waals surface area contributed by atoms with Crippen LogP contribution in [0.25, 0.3) is 5.65 Å². The van der Waals surface area contributed by atoms with Crippen LogP contribution in [0.5, 0.6) is 0 Å². The second-order valence-electron chi connectivity index (χ2n) is 6.25. The van der Waals surface area contributed by atoms with Gasteiger partial charge in [-0.3, -0.25) is 4.40 Å². The molecule has 4 rings (SSSR count). The van der Waals surface area contributed by atoms with Crippen LogP contribution in [0.2, 0.25) is 5.15 Å². The predicted molar refractivity (Wildman–Crippen MR) is 94.0 cm³/mol. The zero-order valence-corrected chi connectivity index (χ0v) is 15.3. The van der Waals surface area contributed by atoms with Gasteiger partial charge in [-0.2, -0.15) is 22.8 Å². The van der Waals surface area contributed by atoms with Gasteiger partial charge in [0.25, 0.3) is 0 Å². The molecule has 0 spiro atoms. The molecule has 4 heterocycles. The summed E-state index contributed by atoms with van der Waals surface area (Å²) < 4.78 is 44.6. The van der Waals surface area contributed by atoms with Gasteiger partial charge in [0.05, 0.1) is 5.56 Å². The van der Waals surface area contributed by atoms with Crippen molar-refractivity contribution >= 4 is 33.8 Å². The summed E-state index contributed by atoms with van der Waals surface area (Å²) in [6, 6.07) is 4.38. The maximum atomic E-state index is 13.1. The van der Waals surface area contributed by atoms with Gasteiger partial charge in [0.2, 0.25) is 0 Å². The Hall–Kier alpha value is -2.38. The molecule has 0 radical (unpaired) electrons. The summed E-state index contributed by atoms with van der Waals surface area (Å²) in [5.41, 5.74) is -0.0498. The van der Waals surface area contributed by atoms with Crippen molar-refractivity contribution in [3.8, 4) is 6.07 Å². The molecule has 6 nitrogen and oxygen atoms in total. The van der Waals surface area contributed by atoms with Crippen molar-refractivity contribution in [2.45, 2.75) is 24.9 Å². The molecule has 3 aromatic rings. The average Bonchev–Trinajstić information content (AvgIpc) is 3.23. The van der Waals surface area contributed by atoms with Crippen LogP contribution >= 0.6 is 23.1 Å². The molecular formula is C16H12ClF3N6S. The van der Waals surface area contributed by atoms with E-state index in [9.17, 15) is 18.4 Å². The highest BCUT2D eigenvalue weighted by molar-refractivity contribution is 7.10. The number of nitriles is 1. The Morgan fingerprint density at radius 2 is 2.11 bits per heavy atom. The van der Waals surface area contributed by atoms with E-state index in [0.717, 1.165) is 36.6 Å². The number of hydrogen-bond acceptors (Lipinski definition) is 6. The Morgan fingerprint density at radius 1 is 1.30 bits per heavy atom. The van der Waals surface area contributed by atoms with Crippen molar-refractivity contribution in [3.05, 3.63) is 40.4 Å². The van der Waals surface area contributed by atoms with Crippen molar-refractivity contribution < 1.29 is 13.2 Å². The van der Waals surface area contributed by atoms with Gasteiger partial charge < -0.3 is 4.90 Å². The average molecular weight is 413 g/mol. The van der Waals surface area contributed by atoms with Crippen molar-refractivity contribution in [2.24, 2.45) is 0 Å². The molecule has 0 saturated carbocycles. The molecule has 11 heteroatoms. The number of anilines is 1. The lowest BCUT2D eigenvalue weighted by molar-refractivity contribution is -0.137. The van der Waals surface area contributed by atoms with E-state index in [4.69, 9.17) is 11.6 Å². The molecule has 1 atom stereocenters. The van der Waals surface area contributed by atoms with E-state index >= 15 is 0 Å². The first-order valence-corrected chi connectivity index (χ1v) is 9.25. The molecule has 1 unspecified atom stereocenters. The van der Waals surface area contributed by atoms with Crippen LogP contribution in [0, 0.1) is 11.3 Å². The number of alkyl halides is 3. The second kappa shape index (κ2) is 6.65. The number of hydrogen-bond donors (Lipinski definition) is 0. The zero-order valence-electron chi connectivity index (χ0n) is 13.7. The number of piperidine rings is 1. The molecule has 27 heavy (non-hydrogen) atoms. The summed E-state index contributed by atoms with van der Waals surface area (Å²) >= 11 is 7.10. The quantitative estimate of drug-likeness (QED) is 0.633. The third-order valence-electron chi connectivity index (χ3n) is 4.57. The van der Waals surface area contributed by atoms with Crippen molar-refractivity contribution in [2.75, 3.05) is 18.0 Å². The summed E-state index contributed by atoms with van der Waals surface area (Å²) in [5.74, 6) is 0.361. The van der Waals surface area contributed by atoms with Gasteiger partial charge in [0, 0.05) is 25.2 Å². The molecule has 0 bridgehead atoms. The van der Waals surface area contributed by atoms with E-state index in [-0.39, 0.29) is 11.1 Å². The van der Waals surface area contributed by atoms with E-state index in [1.807, 2.05) is 4.90 Å². The van der Waals surface area contributed by atoms with Crippen LogP contribution < -0.4 is 4.90 Å². The minimum Gasteiger partial charge on any atom is -0.360 e. The standard InChI is InChI=1S/C16H12ClF3N6S/c17-13-11(6-21)15(27-24-13)25-5-1-2-9(7-25)14-23-22-12-4-3-10(8-26(12)14)16(18,19)20/h3-4,8-9H,1-2,5,7H2. The highest BCUT2D eigenvalue weighted by Gasteiger charge is 2.33. The third kappa shape index (κ3) is 3.21. The Bertz CT molecular complexity index is 1040. The van der Waals surface area contributed by atoms with E-state index in [1.165, 1.54) is 10.5 Å². The largest absolute Gasteiger partial charge is 0.417 e. The fourth-order valence-corrected chi connectivity index (χ4v) is 4.36. The number of nitrogens with zero attached hydrogens (tertiary/aromatic N) is 6. The number of aromatic nitrogens is 4. The summed E-state index contributed by atoms with van der Waals surface area (Å²) in [6.45, 7) is 1.22. The van der Waals surface area contributed by atoms with Crippen LogP contribution in [0.3, 0.4) is 0 Å². The molecule has 0 aromatic carbocycles. The molecule has 3 aromatic heterocycles.